The van der Waals surface area contributed by atoms with E-state index in [1.165, 1.54) is 12.1 Å². The lowest BCUT2D eigenvalue weighted by Crippen LogP contribution is -2.11. The molecule has 0 saturated heterocycles. The van der Waals surface area contributed by atoms with Crippen LogP contribution in [-0.4, -0.2) is 9.97 Å². The van der Waals surface area contributed by atoms with Crippen molar-refractivity contribution >= 4 is 27.5 Å². The van der Waals surface area contributed by atoms with Crippen molar-refractivity contribution in [3.05, 3.63) is 45.5 Å². The van der Waals surface area contributed by atoms with Crippen LogP contribution in [-0.2, 0) is 6.18 Å². The topological polar surface area (TPSA) is 35.0 Å². The second kappa shape index (κ2) is 5.53. The summed E-state index contributed by atoms with van der Waals surface area (Å²) in [4.78, 5) is 6.18. The molecular formula is C11H4BrClF4N2O. The monoisotopic (exact) mass is 370 g/mol. The van der Waals surface area contributed by atoms with Crippen LogP contribution in [0.4, 0.5) is 17.6 Å². The van der Waals surface area contributed by atoms with Crippen molar-refractivity contribution < 1.29 is 22.3 Å². The highest BCUT2D eigenvalue weighted by molar-refractivity contribution is 9.10. The number of aromatic nitrogens is 2. The zero-order valence-electron chi connectivity index (χ0n) is 9.38. The lowest BCUT2D eigenvalue weighted by atomic mass is 10.3. The smallest absolute Gasteiger partial charge is 0.436 e. The van der Waals surface area contributed by atoms with Gasteiger partial charge in [-0.1, -0.05) is 27.5 Å². The maximum absolute atomic E-state index is 13.4. The van der Waals surface area contributed by atoms with Gasteiger partial charge in [0.2, 0.25) is 11.7 Å². The molecule has 0 bridgehead atoms. The zero-order valence-corrected chi connectivity index (χ0v) is 11.7. The summed E-state index contributed by atoms with van der Waals surface area (Å²) in [5, 5.41) is -0.460. The Balaban J connectivity index is 2.39. The summed E-state index contributed by atoms with van der Waals surface area (Å²) in [7, 11) is 0. The average molecular weight is 372 g/mol. The molecule has 1 aromatic heterocycles. The Hall–Kier alpha value is -1.41. The van der Waals surface area contributed by atoms with Crippen LogP contribution in [0.5, 0.6) is 11.6 Å². The van der Waals surface area contributed by atoms with E-state index in [9.17, 15) is 17.6 Å². The summed E-state index contributed by atoms with van der Waals surface area (Å²) < 4.78 is 56.4. The summed E-state index contributed by atoms with van der Waals surface area (Å²) in [5.41, 5.74) is 0. The largest absolute Gasteiger partial charge is 0.451 e. The van der Waals surface area contributed by atoms with Gasteiger partial charge in [-0.25, -0.2) is 9.37 Å². The predicted octanol–water partition coefficient (Wildman–Crippen LogP) is 4.84. The molecule has 0 spiro atoms. The van der Waals surface area contributed by atoms with Gasteiger partial charge in [0.1, 0.15) is 5.15 Å². The average Bonchev–Trinajstić information content (AvgIpc) is 2.32. The Kier molecular flexibility index (Phi) is 4.14. The van der Waals surface area contributed by atoms with Gasteiger partial charge in [0.05, 0.1) is 0 Å². The highest BCUT2D eigenvalue weighted by Gasteiger charge is 2.35. The van der Waals surface area contributed by atoms with E-state index in [1.54, 1.807) is 0 Å². The molecule has 1 aromatic carbocycles. The number of benzene rings is 1. The van der Waals surface area contributed by atoms with Crippen molar-refractivity contribution in [1.29, 1.82) is 0 Å². The predicted molar refractivity (Wildman–Crippen MR) is 66.2 cm³/mol. The van der Waals surface area contributed by atoms with Crippen molar-refractivity contribution in [1.82, 2.24) is 9.97 Å². The van der Waals surface area contributed by atoms with Crippen LogP contribution in [0.25, 0.3) is 0 Å². The number of alkyl halides is 3. The van der Waals surface area contributed by atoms with Crippen molar-refractivity contribution in [2.24, 2.45) is 0 Å². The maximum atomic E-state index is 13.4. The molecule has 0 unspecified atom stereocenters. The molecule has 2 aromatic rings. The summed E-state index contributed by atoms with van der Waals surface area (Å²) >= 11 is 8.54. The Morgan fingerprint density at radius 3 is 2.50 bits per heavy atom. The first-order chi connectivity index (χ1) is 9.25. The number of nitrogens with zero attached hydrogens (tertiary/aromatic N) is 2. The first-order valence-electron chi connectivity index (χ1n) is 5.00. The summed E-state index contributed by atoms with van der Waals surface area (Å²) in [6.45, 7) is 0. The van der Waals surface area contributed by atoms with E-state index in [2.05, 4.69) is 25.9 Å². The van der Waals surface area contributed by atoms with Gasteiger partial charge in [-0.15, -0.1) is 0 Å². The van der Waals surface area contributed by atoms with Crippen LogP contribution < -0.4 is 4.74 Å². The van der Waals surface area contributed by atoms with Crippen LogP contribution in [0.2, 0.25) is 5.15 Å². The number of halogens is 6. The van der Waals surface area contributed by atoms with Gasteiger partial charge in [-0.3, -0.25) is 0 Å². The highest BCUT2D eigenvalue weighted by atomic mass is 79.9. The molecular weight excluding hydrogens is 367 g/mol. The van der Waals surface area contributed by atoms with E-state index >= 15 is 0 Å². The SMILES string of the molecule is Fc1ccc(Br)cc1Oc1cc(Cl)nc(C(F)(F)F)n1. The maximum Gasteiger partial charge on any atom is 0.451 e. The lowest BCUT2D eigenvalue weighted by Gasteiger charge is -2.09. The van der Waals surface area contributed by atoms with E-state index in [0.717, 1.165) is 12.1 Å². The van der Waals surface area contributed by atoms with Crippen LogP contribution in [0.3, 0.4) is 0 Å². The molecule has 9 heteroatoms. The van der Waals surface area contributed by atoms with Crippen LogP contribution in [0, 0.1) is 5.82 Å². The minimum Gasteiger partial charge on any atom is -0.436 e. The molecule has 0 fully saturated rings. The van der Waals surface area contributed by atoms with E-state index in [-0.39, 0.29) is 5.75 Å². The van der Waals surface area contributed by atoms with Gasteiger partial charge in [0.25, 0.3) is 0 Å². The second-order valence-corrected chi connectivity index (χ2v) is 4.83. The Bertz CT molecular complexity index is 651. The van der Waals surface area contributed by atoms with Crippen LogP contribution >= 0.6 is 27.5 Å². The molecule has 0 N–H and O–H groups in total. The van der Waals surface area contributed by atoms with Crippen molar-refractivity contribution in [3.63, 3.8) is 0 Å². The molecule has 106 valence electrons. The minimum absolute atomic E-state index is 0.290. The molecule has 0 saturated carbocycles. The Labute approximate surface area is 123 Å². The highest BCUT2D eigenvalue weighted by Crippen LogP contribution is 2.31. The molecule has 0 aliphatic rings. The molecule has 0 amide bonds. The molecule has 1 heterocycles. The van der Waals surface area contributed by atoms with Crippen molar-refractivity contribution in [2.45, 2.75) is 6.18 Å². The van der Waals surface area contributed by atoms with Gasteiger partial charge in [0.15, 0.2) is 11.6 Å². The number of hydrogen-bond donors (Lipinski definition) is 0. The molecule has 20 heavy (non-hydrogen) atoms. The first kappa shape index (κ1) is 15.0. The molecule has 0 aliphatic carbocycles. The molecule has 0 aliphatic heterocycles. The minimum atomic E-state index is -4.78. The standard InChI is InChI=1S/C11H4BrClF4N2O/c12-5-1-2-6(14)7(3-5)20-9-4-8(13)18-10(19-9)11(15,16)17/h1-4H. The zero-order chi connectivity index (χ0) is 14.9. The number of ether oxygens (including phenoxy) is 1. The quantitative estimate of drug-likeness (QED) is 0.559. The van der Waals surface area contributed by atoms with E-state index in [1.807, 2.05) is 0 Å². The van der Waals surface area contributed by atoms with Gasteiger partial charge < -0.3 is 4.74 Å². The van der Waals surface area contributed by atoms with E-state index in [4.69, 9.17) is 16.3 Å². The van der Waals surface area contributed by atoms with Gasteiger partial charge in [-0.2, -0.15) is 18.2 Å². The first-order valence-corrected chi connectivity index (χ1v) is 6.17. The van der Waals surface area contributed by atoms with Crippen LogP contribution in [0.1, 0.15) is 5.82 Å². The molecule has 3 nitrogen and oxygen atoms in total. The third-order valence-corrected chi connectivity index (χ3v) is 2.72. The Morgan fingerprint density at radius 1 is 1.15 bits per heavy atom. The van der Waals surface area contributed by atoms with Gasteiger partial charge in [-0.05, 0) is 18.2 Å². The number of hydrogen-bond acceptors (Lipinski definition) is 3. The fraction of sp³-hybridized carbons (Fsp3) is 0.0909. The Morgan fingerprint density at radius 2 is 1.85 bits per heavy atom. The van der Waals surface area contributed by atoms with Gasteiger partial charge in [0, 0.05) is 10.5 Å². The fourth-order valence-corrected chi connectivity index (χ4v) is 1.76. The second-order valence-electron chi connectivity index (χ2n) is 3.53. The van der Waals surface area contributed by atoms with Crippen molar-refractivity contribution in [3.8, 4) is 11.6 Å². The van der Waals surface area contributed by atoms with Crippen LogP contribution in [0.15, 0.2) is 28.7 Å². The molecule has 0 atom stereocenters. The molecule has 0 radical (unpaired) electrons. The summed E-state index contributed by atoms with van der Waals surface area (Å²) in [5.74, 6) is -3.01. The van der Waals surface area contributed by atoms with Gasteiger partial charge >= 0.3 is 6.18 Å². The lowest BCUT2D eigenvalue weighted by molar-refractivity contribution is -0.145. The third-order valence-electron chi connectivity index (χ3n) is 2.03. The molecule has 2 rings (SSSR count). The van der Waals surface area contributed by atoms with E-state index in [0.29, 0.717) is 4.47 Å². The van der Waals surface area contributed by atoms with Crippen molar-refractivity contribution in [2.75, 3.05) is 0 Å². The number of rotatable bonds is 2. The fourth-order valence-electron chi connectivity index (χ4n) is 1.24. The third kappa shape index (κ3) is 3.57. The summed E-state index contributed by atoms with van der Waals surface area (Å²) in [6, 6.07) is 4.71. The van der Waals surface area contributed by atoms with E-state index < -0.39 is 28.9 Å². The summed E-state index contributed by atoms with van der Waals surface area (Å²) in [6.07, 6.45) is -4.78. The normalized spacial score (nSPS) is 11.5.